The van der Waals surface area contributed by atoms with Crippen LogP contribution in [0.4, 0.5) is 0 Å². The molecule has 120 valence electrons. The number of nitrogens with one attached hydrogen (secondary N) is 2. The fourth-order valence-electron chi connectivity index (χ4n) is 1.48. The van der Waals surface area contributed by atoms with Crippen molar-refractivity contribution in [2.24, 2.45) is 11.5 Å². The van der Waals surface area contributed by atoms with Gasteiger partial charge in [-0.05, 0) is 26.0 Å². The maximum absolute atomic E-state index is 10.2. The SMILES string of the molecule is C=CN1C=CN(CC)C1.N=C(N)NCCC[C@H](N)C(=O)O. The number of guanidine groups is 1. The van der Waals surface area contributed by atoms with Crippen LogP contribution in [0.5, 0.6) is 0 Å². The highest BCUT2D eigenvalue weighted by Crippen LogP contribution is 2.04. The smallest absolute Gasteiger partial charge is 0.320 e. The lowest BCUT2D eigenvalue weighted by atomic mass is 10.2. The first-order chi connectivity index (χ1) is 9.90. The monoisotopic (exact) mass is 298 g/mol. The van der Waals surface area contributed by atoms with E-state index >= 15 is 0 Å². The fraction of sp³-hybridized carbons (Fsp3) is 0.538. The molecule has 7 N–H and O–H groups in total. The van der Waals surface area contributed by atoms with E-state index in [1.807, 2.05) is 17.3 Å². The highest BCUT2D eigenvalue weighted by atomic mass is 16.4. The van der Waals surface area contributed by atoms with Crippen LogP contribution in [-0.4, -0.2) is 52.6 Å². The van der Waals surface area contributed by atoms with E-state index in [1.54, 1.807) is 0 Å². The average molecular weight is 298 g/mol. The third-order valence-electron chi connectivity index (χ3n) is 2.78. The molecule has 0 radical (unpaired) electrons. The van der Waals surface area contributed by atoms with Gasteiger partial charge in [-0.2, -0.15) is 0 Å². The molecule has 0 amide bonds. The molecule has 0 bridgehead atoms. The lowest BCUT2D eigenvalue weighted by Gasteiger charge is -2.15. The summed E-state index contributed by atoms with van der Waals surface area (Å²) in [6.07, 6.45) is 6.90. The van der Waals surface area contributed by atoms with Crippen LogP contribution >= 0.6 is 0 Å². The summed E-state index contributed by atoms with van der Waals surface area (Å²) in [6, 6.07) is -0.821. The highest BCUT2D eigenvalue weighted by Gasteiger charge is 2.09. The number of aliphatic carboxylic acids is 1. The van der Waals surface area contributed by atoms with Crippen LogP contribution in [0.3, 0.4) is 0 Å². The zero-order valence-electron chi connectivity index (χ0n) is 12.5. The lowest BCUT2D eigenvalue weighted by molar-refractivity contribution is -0.138. The molecule has 21 heavy (non-hydrogen) atoms. The Bertz CT molecular complexity index is 372. The van der Waals surface area contributed by atoms with E-state index in [2.05, 4.69) is 29.9 Å². The first kappa shape index (κ1) is 18.8. The van der Waals surface area contributed by atoms with Gasteiger partial charge in [0.25, 0.3) is 0 Å². The number of rotatable bonds is 7. The van der Waals surface area contributed by atoms with Crippen LogP contribution in [0.25, 0.3) is 0 Å². The molecule has 0 aliphatic carbocycles. The summed E-state index contributed by atoms with van der Waals surface area (Å²) in [5.41, 5.74) is 10.2. The summed E-state index contributed by atoms with van der Waals surface area (Å²) in [5.74, 6) is -1.11. The Morgan fingerprint density at radius 3 is 2.67 bits per heavy atom. The Hall–Kier alpha value is -2.22. The van der Waals surface area contributed by atoms with Crippen molar-refractivity contribution in [2.45, 2.75) is 25.8 Å². The Morgan fingerprint density at radius 2 is 2.29 bits per heavy atom. The summed E-state index contributed by atoms with van der Waals surface area (Å²) in [5, 5.41) is 17.7. The van der Waals surface area contributed by atoms with E-state index in [4.69, 9.17) is 22.0 Å². The quantitative estimate of drug-likeness (QED) is 0.251. The van der Waals surface area contributed by atoms with Crippen molar-refractivity contribution < 1.29 is 9.90 Å². The molecule has 8 nitrogen and oxygen atoms in total. The molecule has 1 heterocycles. The summed E-state index contributed by atoms with van der Waals surface area (Å²) in [6.45, 7) is 8.31. The van der Waals surface area contributed by atoms with Gasteiger partial charge in [-0.15, -0.1) is 0 Å². The van der Waals surface area contributed by atoms with Crippen molar-refractivity contribution in [1.82, 2.24) is 15.1 Å². The Kier molecular flexibility index (Phi) is 9.44. The van der Waals surface area contributed by atoms with Gasteiger partial charge in [-0.25, -0.2) is 0 Å². The highest BCUT2D eigenvalue weighted by molar-refractivity contribution is 5.74. The van der Waals surface area contributed by atoms with Crippen molar-refractivity contribution in [3.8, 4) is 0 Å². The summed E-state index contributed by atoms with van der Waals surface area (Å²) in [4.78, 5) is 14.5. The molecular formula is C13H26N6O2. The van der Waals surface area contributed by atoms with Crippen molar-refractivity contribution in [3.63, 3.8) is 0 Å². The number of carbonyl (C=O) groups is 1. The topological polar surface area (TPSA) is 132 Å². The van der Waals surface area contributed by atoms with Crippen LogP contribution in [0.2, 0.25) is 0 Å². The largest absolute Gasteiger partial charge is 0.480 e. The standard InChI is InChI=1S/C7H12N2.C6H14N4O2/c1-3-8-5-6-9(4-2)7-8;7-4(5(11)12)2-1-3-10-6(8)9/h3,5-6H,1,4,7H2,2H3;4H,1-3,7H2,(H,11,12)(H4,8,9,10)/t;4-/m.0/s1. The Labute approximate surface area is 125 Å². The molecule has 1 atom stereocenters. The molecular weight excluding hydrogens is 272 g/mol. The number of nitrogens with two attached hydrogens (primary N) is 2. The minimum Gasteiger partial charge on any atom is -0.480 e. The van der Waals surface area contributed by atoms with Crippen molar-refractivity contribution in [3.05, 3.63) is 25.2 Å². The van der Waals surface area contributed by atoms with E-state index in [0.29, 0.717) is 19.4 Å². The maximum atomic E-state index is 10.2. The first-order valence-electron chi connectivity index (χ1n) is 6.77. The average Bonchev–Trinajstić information content (AvgIpc) is 2.91. The molecule has 1 aliphatic rings. The van der Waals surface area contributed by atoms with Gasteiger partial charge in [0.15, 0.2) is 5.96 Å². The van der Waals surface area contributed by atoms with Gasteiger partial charge in [0, 0.05) is 25.5 Å². The number of hydrogen-bond donors (Lipinski definition) is 5. The molecule has 0 aromatic rings. The summed E-state index contributed by atoms with van der Waals surface area (Å²) >= 11 is 0. The molecule has 0 saturated carbocycles. The molecule has 0 aromatic carbocycles. The molecule has 1 rings (SSSR count). The molecule has 1 aliphatic heterocycles. The number of carboxylic acids is 1. The summed E-state index contributed by atoms with van der Waals surface area (Å²) in [7, 11) is 0. The third kappa shape index (κ3) is 9.33. The van der Waals surface area contributed by atoms with E-state index in [1.165, 1.54) is 0 Å². The normalized spacial score (nSPS) is 14.2. The number of hydrogen-bond acceptors (Lipinski definition) is 5. The number of nitrogens with zero attached hydrogens (tertiary/aromatic N) is 2. The Balaban J connectivity index is 0.000000394. The second-order valence-corrected chi connectivity index (χ2v) is 4.47. The van der Waals surface area contributed by atoms with Gasteiger partial charge >= 0.3 is 5.97 Å². The molecule has 0 saturated heterocycles. The predicted octanol–water partition coefficient (Wildman–Crippen LogP) is -0.142. The minimum absolute atomic E-state index is 0.112. The van der Waals surface area contributed by atoms with Gasteiger partial charge in [0.05, 0.1) is 6.67 Å². The minimum atomic E-state index is -1.00. The van der Waals surface area contributed by atoms with Crippen molar-refractivity contribution in [2.75, 3.05) is 19.8 Å². The second kappa shape index (κ2) is 10.6. The molecule has 0 aromatic heterocycles. The molecule has 0 spiro atoms. The lowest BCUT2D eigenvalue weighted by Crippen LogP contribution is -2.34. The second-order valence-electron chi connectivity index (χ2n) is 4.47. The van der Waals surface area contributed by atoms with Crippen LogP contribution < -0.4 is 16.8 Å². The van der Waals surface area contributed by atoms with Crippen LogP contribution in [0, 0.1) is 5.41 Å². The zero-order chi connectivity index (χ0) is 16.3. The van der Waals surface area contributed by atoms with E-state index in [0.717, 1.165) is 13.2 Å². The van der Waals surface area contributed by atoms with Gasteiger partial charge < -0.3 is 31.7 Å². The Morgan fingerprint density at radius 1 is 1.62 bits per heavy atom. The fourth-order valence-corrected chi connectivity index (χ4v) is 1.48. The van der Waals surface area contributed by atoms with E-state index in [9.17, 15) is 4.79 Å². The van der Waals surface area contributed by atoms with Crippen LogP contribution in [-0.2, 0) is 4.79 Å². The van der Waals surface area contributed by atoms with E-state index in [-0.39, 0.29) is 5.96 Å². The van der Waals surface area contributed by atoms with E-state index < -0.39 is 12.0 Å². The summed E-state index contributed by atoms with van der Waals surface area (Å²) < 4.78 is 0. The van der Waals surface area contributed by atoms with Crippen molar-refractivity contribution in [1.29, 1.82) is 5.41 Å². The van der Waals surface area contributed by atoms with Gasteiger partial charge in [-0.1, -0.05) is 6.58 Å². The maximum Gasteiger partial charge on any atom is 0.320 e. The third-order valence-corrected chi connectivity index (χ3v) is 2.78. The first-order valence-corrected chi connectivity index (χ1v) is 6.77. The predicted molar refractivity (Wildman–Crippen MR) is 83.2 cm³/mol. The van der Waals surface area contributed by atoms with Gasteiger partial charge in [0.1, 0.15) is 6.04 Å². The molecule has 0 unspecified atom stereocenters. The molecule has 8 heteroatoms. The van der Waals surface area contributed by atoms with Crippen LogP contribution in [0.1, 0.15) is 19.8 Å². The molecule has 0 fully saturated rings. The number of carboxylic acid groups (broad SMARTS) is 1. The zero-order valence-corrected chi connectivity index (χ0v) is 12.5. The van der Waals surface area contributed by atoms with Crippen molar-refractivity contribution >= 4 is 11.9 Å². The van der Waals surface area contributed by atoms with Gasteiger partial charge in [-0.3, -0.25) is 10.2 Å². The van der Waals surface area contributed by atoms with Gasteiger partial charge in [0.2, 0.25) is 0 Å². The van der Waals surface area contributed by atoms with Crippen LogP contribution in [0.15, 0.2) is 25.2 Å².